The third-order valence-electron chi connectivity index (χ3n) is 2.79. The van der Waals surface area contributed by atoms with Crippen molar-refractivity contribution in [3.05, 3.63) is 0 Å². The summed E-state index contributed by atoms with van der Waals surface area (Å²) in [6.07, 6.45) is 2.34. The molecule has 1 heterocycles. The molecule has 0 spiro atoms. The van der Waals surface area contributed by atoms with Crippen molar-refractivity contribution < 1.29 is 9.84 Å². The Morgan fingerprint density at radius 3 is 3.07 bits per heavy atom. The number of morpholine rings is 1. The van der Waals surface area contributed by atoms with E-state index in [1.165, 1.54) is 6.42 Å². The number of hydrogen-bond acceptors (Lipinski definition) is 4. The van der Waals surface area contributed by atoms with Crippen molar-refractivity contribution in [1.29, 1.82) is 0 Å². The summed E-state index contributed by atoms with van der Waals surface area (Å²) in [7, 11) is 0. The van der Waals surface area contributed by atoms with Gasteiger partial charge in [0.2, 0.25) is 0 Å². The smallest absolute Gasteiger partial charge is 0.0644 e. The van der Waals surface area contributed by atoms with Gasteiger partial charge in [0.15, 0.2) is 0 Å². The van der Waals surface area contributed by atoms with Crippen LogP contribution in [-0.2, 0) is 4.74 Å². The Bertz CT molecular complexity index is 156. The van der Waals surface area contributed by atoms with Crippen molar-refractivity contribution in [2.75, 3.05) is 46.0 Å². The molecule has 0 amide bonds. The van der Waals surface area contributed by atoms with Crippen LogP contribution in [-0.4, -0.2) is 62.0 Å². The van der Waals surface area contributed by atoms with Gasteiger partial charge in [-0.2, -0.15) is 0 Å². The third kappa shape index (κ3) is 4.93. The van der Waals surface area contributed by atoms with E-state index >= 15 is 0 Å². The van der Waals surface area contributed by atoms with Crippen LogP contribution in [0.1, 0.15) is 19.8 Å². The lowest BCUT2D eigenvalue weighted by molar-refractivity contribution is -0.0275. The second-order valence-corrected chi connectivity index (χ2v) is 4.05. The van der Waals surface area contributed by atoms with Crippen LogP contribution in [0.25, 0.3) is 0 Å². The van der Waals surface area contributed by atoms with E-state index in [1.54, 1.807) is 0 Å². The molecule has 0 aromatic heterocycles. The number of nitrogens with one attached hydrogen (secondary N) is 1. The van der Waals surface area contributed by atoms with Crippen molar-refractivity contribution in [3.8, 4) is 0 Å². The highest BCUT2D eigenvalue weighted by Crippen LogP contribution is 2.06. The predicted octanol–water partition coefficient (Wildman–Crippen LogP) is 0.0692. The van der Waals surface area contributed by atoms with Gasteiger partial charge >= 0.3 is 0 Å². The highest BCUT2D eigenvalue weighted by molar-refractivity contribution is 4.74. The van der Waals surface area contributed by atoms with Crippen LogP contribution in [0.5, 0.6) is 0 Å². The van der Waals surface area contributed by atoms with Crippen LogP contribution in [0.4, 0.5) is 0 Å². The first-order valence-corrected chi connectivity index (χ1v) is 6.01. The van der Waals surface area contributed by atoms with Gasteiger partial charge in [-0.05, 0) is 32.5 Å². The maximum absolute atomic E-state index is 9.16. The summed E-state index contributed by atoms with van der Waals surface area (Å²) in [5.74, 6) is 0. The molecule has 0 bridgehead atoms. The van der Waals surface area contributed by atoms with Gasteiger partial charge in [-0.3, -0.25) is 4.90 Å². The van der Waals surface area contributed by atoms with E-state index in [4.69, 9.17) is 9.84 Å². The van der Waals surface area contributed by atoms with E-state index in [0.29, 0.717) is 6.61 Å². The Kier molecular flexibility index (Phi) is 6.92. The van der Waals surface area contributed by atoms with Gasteiger partial charge in [0.1, 0.15) is 0 Å². The normalized spacial score (nSPS) is 23.2. The standard InChI is InChI=1S/C11H24N2O2/c1-2-4-12-5-3-6-13-7-8-15-10-11(13)9-14/h11-12,14H,2-10H2,1H3. The number of nitrogens with zero attached hydrogens (tertiary/aromatic N) is 1. The molecule has 0 saturated carbocycles. The number of aliphatic hydroxyl groups is 1. The van der Waals surface area contributed by atoms with Crippen molar-refractivity contribution in [1.82, 2.24) is 10.2 Å². The second kappa shape index (κ2) is 8.05. The lowest BCUT2D eigenvalue weighted by Gasteiger charge is -2.34. The molecule has 4 nitrogen and oxygen atoms in total. The molecule has 0 radical (unpaired) electrons. The Labute approximate surface area is 92.6 Å². The minimum atomic E-state index is 0.211. The summed E-state index contributed by atoms with van der Waals surface area (Å²) < 4.78 is 5.33. The SMILES string of the molecule is CCCNCCCN1CCOCC1CO. The lowest BCUT2D eigenvalue weighted by atomic mass is 10.2. The molecule has 0 aromatic carbocycles. The summed E-state index contributed by atoms with van der Waals surface area (Å²) in [4.78, 5) is 2.33. The fourth-order valence-corrected chi connectivity index (χ4v) is 1.86. The largest absolute Gasteiger partial charge is 0.395 e. The molecule has 4 heteroatoms. The zero-order valence-corrected chi connectivity index (χ0v) is 9.74. The van der Waals surface area contributed by atoms with E-state index in [2.05, 4.69) is 17.1 Å². The minimum Gasteiger partial charge on any atom is -0.395 e. The van der Waals surface area contributed by atoms with E-state index in [-0.39, 0.29) is 12.6 Å². The Balaban J connectivity index is 2.07. The van der Waals surface area contributed by atoms with Crippen molar-refractivity contribution >= 4 is 0 Å². The molecule has 1 atom stereocenters. The average Bonchev–Trinajstić information content (AvgIpc) is 2.29. The van der Waals surface area contributed by atoms with Crippen LogP contribution in [0.2, 0.25) is 0 Å². The van der Waals surface area contributed by atoms with E-state index in [9.17, 15) is 0 Å². The highest BCUT2D eigenvalue weighted by Gasteiger charge is 2.21. The molecule has 1 saturated heterocycles. The fourth-order valence-electron chi connectivity index (χ4n) is 1.86. The number of ether oxygens (including phenoxy) is 1. The first-order valence-electron chi connectivity index (χ1n) is 6.01. The number of hydrogen-bond donors (Lipinski definition) is 2. The average molecular weight is 216 g/mol. The second-order valence-electron chi connectivity index (χ2n) is 4.05. The molecule has 1 aliphatic heterocycles. The maximum Gasteiger partial charge on any atom is 0.0644 e. The summed E-state index contributed by atoms with van der Waals surface area (Å²) in [6, 6.07) is 0.213. The van der Waals surface area contributed by atoms with Crippen molar-refractivity contribution in [2.24, 2.45) is 0 Å². The van der Waals surface area contributed by atoms with Gasteiger partial charge in [0.25, 0.3) is 0 Å². The van der Waals surface area contributed by atoms with Crippen molar-refractivity contribution in [3.63, 3.8) is 0 Å². The molecule has 0 aromatic rings. The molecule has 0 aliphatic carbocycles. The third-order valence-corrected chi connectivity index (χ3v) is 2.79. The monoisotopic (exact) mass is 216 g/mol. The molecule has 15 heavy (non-hydrogen) atoms. The van der Waals surface area contributed by atoms with Gasteiger partial charge in [0, 0.05) is 6.54 Å². The van der Waals surface area contributed by atoms with Gasteiger partial charge < -0.3 is 15.2 Å². The van der Waals surface area contributed by atoms with E-state index in [1.807, 2.05) is 0 Å². The zero-order valence-electron chi connectivity index (χ0n) is 9.74. The van der Waals surface area contributed by atoms with Crippen LogP contribution in [0, 0.1) is 0 Å². The maximum atomic E-state index is 9.16. The summed E-state index contributed by atoms with van der Waals surface area (Å²) >= 11 is 0. The zero-order chi connectivity index (χ0) is 10.9. The Morgan fingerprint density at radius 2 is 2.33 bits per heavy atom. The molecule has 1 aliphatic rings. The summed E-state index contributed by atoms with van der Waals surface area (Å²) in [5, 5.41) is 12.6. The van der Waals surface area contributed by atoms with Gasteiger partial charge in [-0.1, -0.05) is 6.92 Å². The topological polar surface area (TPSA) is 44.7 Å². The molecule has 1 unspecified atom stereocenters. The lowest BCUT2D eigenvalue weighted by Crippen LogP contribution is -2.48. The quantitative estimate of drug-likeness (QED) is 0.591. The van der Waals surface area contributed by atoms with Crippen molar-refractivity contribution in [2.45, 2.75) is 25.8 Å². The van der Waals surface area contributed by atoms with Gasteiger partial charge in [0.05, 0.1) is 25.9 Å². The fraction of sp³-hybridized carbons (Fsp3) is 1.00. The number of rotatable bonds is 7. The van der Waals surface area contributed by atoms with Crippen LogP contribution in [0.3, 0.4) is 0 Å². The summed E-state index contributed by atoms with van der Waals surface area (Å²) in [5.41, 5.74) is 0. The number of aliphatic hydroxyl groups excluding tert-OH is 1. The molecule has 1 fully saturated rings. The summed E-state index contributed by atoms with van der Waals surface area (Å²) in [6.45, 7) is 8.07. The first kappa shape index (κ1) is 12.9. The Hall–Kier alpha value is -0.160. The Morgan fingerprint density at radius 1 is 1.47 bits per heavy atom. The molecule has 90 valence electrons. The predicted molar refractivity (Wildman–Crippen MR) is 61.0 cm³/mol. The first-order chi connectivity index (χ1) is 7.38. The van der Waals surface area contributed by atoms with Gasteiger partial charge in [-0.25, -0.2) is 0 Å². The van der Waals surface area contributed by atoms with Crippen LogP contribution < -0.4 is 5.32 Å². The molecular formula is C11H24N2O2. The van der Waals surface area contributed by atoms with Gasteiger partial charge in [-0.15, -0.1) is 0 Å². The van der Waals surface area contributed by atoms with Crippen LogP contribution >= 0.6 is 0 Å². The highest BCUT2D eigenvalue weighted by atomic mass is 16.5. The van der Waals surface area contributed by atoms with E-state index in [0.717, 1.165) is 39.2 Å². The molecule has 1 rings (SSSR count). The van der Waals surface area contributed by atoms with E-state index < -0.39 is 0 Å². The molecule has 2 N–H and O–H groups in total. The van der Waals surface area contributed by atoms with Crippen LogP contribution in [0.15, 0.2) is 0 Å². The minimum absolute atomic E-state index is 0.211. The molecular weight excluding hydrogens is 192 g/mol.